The Morgan fingerprint density at radius 2 is 1.92 bits per heavy atom. The molecule has 0 bridgehead atoms. The highest BCUT2D eigenvalue weighted by Crippen LogP contribution is 2.28. The molecule has 3 N–H and O–H groups in total. The Balaban J connectivity index is 1.51. The molecule has 2 aromatic rings. The van der Waals surface area contributed by atoms with E-state index in [-0.39, 0.29) is 12.0 Å². The van der Waals surface area contributed by atoms with Crippen LogP contribution in [0.4, 0.5) is 5.69 Å². The van der Waals surface area contributed by atoms with Crippen molar-refractivity contribution in [1.29, 1.82) is 0 Å². The minimum atomic E-state index is -0.222. The third-order valence-corrected chi connectivity index (χ3v) is 4.88. The van der Waals surface area contributed by atoms with Gasteiger partial charge in [0.25, 0.3) is 0 Å². The lowest BCUT2D eigenvalue weighted by atomic mass is 10.1. The predicted molar refractivity (Wildman–Crippen MR) is 104 cm³/mol. The van der Waals surface area contributed by atoms with E-state index in [4.69, 9.17) is 10.5 Å². The summed E-state index contributed by atoms with van der Waals surface area (Å²) in [7, 11) is 1.57. The number of benzene rings is 2. The Morgan fingerprint density at radius 3 is 2.65 bits per heavy atom. The number of amides is 1. The smallest absolute Gasteiger partial charge is 0.222 e. The highest BCUT2D eigenvalue weighted by atomic mass is 16.5. The number of nitrogens with zero attached hydrogens (tertiary/aromatic N) is 1. The van der Waals surface area contributed by atoms with Crippen LogP contribution in [0, 0.1) is 0 Å². The summed E-state index contributed by atoms with van der Waals surface area (Å²) >= 11 is 0. The van der Waals surface area contributed by atoms with Gasteiger partial charge in [-0.05, 0) is 29.2 Å². The Hall–Kier alpha value is -2.37. The number of fused-ring (bicyclic) bond motifs is 1. The van der Waals surface area contributed by atoms with Crippen LogP contribution in [0.2, 0.25) is 0 Å². The average molecular weight is 353 g/mol. The summed E-state index contributed by atoms with van der Waals surface area (Å²) in [6.45, 7) is 2.85. The van der Waals surface area contributed by atoms with Gasteiger partial charge in [-0.15, -0.1) is 0 Å². The van der Waals surface area contributed by atoms with Crippen molar-refractivity contribution in [3.8, 4) is 0 Å². The van der Waals surface area contributed by atoms with E-state index in [0.29, 0.717) is 19.5 Å². The molecule has 0 aromatic heterocycles. The van der Waals surface area contributed by atoms with Crippen molar-refractivity contribution in [2.24, 2.45) is 5.73 Å². The van der Waals surface area contributed by atoms with Gasteiger partial charge in [0.15, 0.2) is 0 Å². The van der Waals surface area contributed by atoms with E-state index in [1.807, 2.05) is 0 Å². The zero-order chi connectivity index (χ0) is 18.4. The number of rotatable bonds is 8. The quantitative estimate of drug-likeness (QED) is 0.764. The van der Waals surface area contributed by atoms with Crippen LogP contribution in [0.3, 0.4) is 0 Å². The molecule has 1 aliphatic heterocycles. The first-order valence-electron chi connectivity index (χ1n) is 9.10. The number of nitrogens with one attached hydrogen (secondary N) is 1. The molecule has 0 radical (unpaired) electrons. The molecule has 0 saturated heterocycles. The molecule has 5 heteroatoms. The molecule has 138 valence electrons. The molecule has 3 rings (SSSR count). The first-order chi connectivity index (χ1) is 12.7. The molecular formula is C21H27N3O2. The second-order valence-corrected chi connectivity index (χ2v) is 6.69. The summed E-state index contributed by atoms with van der Waals surface area (Å²) in [5.41, 5.74) is 10.7. The van der Waals surface area contributed by atoms with Crippen LogP contribution in [0.25, 0.3) is 0 Å². The van der Waals surface area contributed by atoms with E-state index < -0.39 is 0 Å². The predicted octanol–water partition coefficient (Wildman–Crippen LogP) is 2.23. The Bertz CT molecular complexity index is 726. The van der Waals surface area contributed by atoms with Gasteiger partial charge in [0.1, 0.15) is 0 Å². The molecule has 5 nitrogen and oxygen atoms in total. The first kappa shape index (κ1) is 18.4. The minimum Gasteiger partial charge on any atom is -0.380 e. The van der Waals surface area contributed by atoms with Crippen molar-refractivity contribution in [3.63, 3.8) is 0 Å². The number of anilines is 1. The van der Waals surface area contributed by atoms with E-state index in [2.05, 4.69) is 58.7 Å². The van der Waals surface area contributed by atoms with E-state index in [9.17, 15) is 4.79 Å². The number of carbonyl (C=O) groups is 1. The van der Waals surface area contributed by atoms with Crippen molar-refractivity contribution in [2.45, 2.75) is 32.0 Å². The summed E-state index contributed by atoms with van der Waals surface area (Å²) in [5, 5.41) is 2.92. The molecule has 0 saturated carbocycles. The van der Waals surface area contributed by atoms with E-state index in [0.717, 1.165) is 25.1 Å². The van der Waals surface area contributed by atoms with E-state index >= 15 is 0 Å². The molecule has 26 heavy (non-hydrogen) atoms. The SMILES string of the molecule is COC(CN)CC(=O)NCc1ccc(CN2CCc3ccccc32)cc1. The van der Waals surface area contributed by atoms with Crippen LogP contribution < -0.4 is 16.0 Å². The largest absolute Gasteiger partial charge is 0.380 e. The van der Waals surface area contributed by atoms with Crippen molar-refractivity contribution in [2.75, 3.05) is 25.1 Å². The van der Waals surface area contributed by atoms with Gasteiger partial charge in [0.05, 0.1) is 12.5 Å². The summed E-state index contributed by atoms with van der Waals surface area (Å²) in [4.78, 5) is 14.3. The molecule has 1 atom stereocenters. The lowest BCUT2D eigenvalue weighted by Crippen LogP contribution is -2.31. The number of nitrogens with two attached hydrogens (primary N) is 1. The van der Waals surface area contributed by atoms with Crippen LogP contribution in [-0.2, 0) is 29.0 Å². The fourth-order valence-corrected chi connectivity index (χ4v) is 3.30. The fraction of sp³-hybridized carbons (Fsp3) is 0.381. The number of carbonyl (C=O) groups excluding carboxylic acids is 1. The normalized spacial score (nSPS) is 14.2. The Labute approximate surface area is 155 Å². The van der Waals surface area contributed by atoms with Crippen molar-refractivity contribution in [3.05, 3.63) is 65.2 Å². The van der Waals surface area contributed by atoms with Crippen molar-refractivity contribution >= 4 is 11.6 Å². The fourth-order valence-electron chi connectivity index (χ4n) is 3.30. The first-order valence-corrected chi connectivity index (χ1v) is 9.10. The number of ether oxygens (including phenoxy) is 1. The molecule has 1 amide bonds. The highest BCUT2D eigenvalue weighted by Gasteiger charge is 2.18. The minimum absolute atomic E-state index is 0.0416. The number of hydrogen-bond acceptors (Lipinski definition) is 4. The molecule has 0 spiro atoms. The standard InChI is InChI=1S/C21H27N3O2/c1-26-19(13-22)12-21(25)23-14-16-6-8-17(9-7-16)15-24-11-10-18-4-2-3-5-20(18)24/h2-9,19H,10-15,22H2,1H3,(H,23,25). The second kappa shape index (κ2) is 8.83. The third-order valence-electron chi connectivity index (χ3n) is 4.88. The van der Waals surface area contributed by atoms with Crippen molar-refractivity contribution < 1.29 is 9.53 Å². The molecule has 1 heterocycles. The van der Waals surface area contributed by atoms with Crippen LogP contribution in [0.15, 0.2) is 48.5 Å². The van der Waals surface area contributed by atoms with Crippen LogP contribution >= 0.6 is 0 Å². The summed E-state index contributed by atoms with van der Waals surface area (Å²) in [6.07, 6.45) is 1.19. The van der Waals surface area contributed by atoms with Gasteiger partial charge in [-0.2, -0.15) is 0 Å². The maximum atomic E-state index is 11.9. The van der Waals surface area contributed by atoms with Gasteiger partial charge < -0.3 is 20.7 Å². The zero-order valence-electron chi connectivity index (χ0n) is 15.3. The number of hydrogen-bond donors (Lipinski definition) is 2. The Morgan fingerprint density at radius 1 is 1.19 bits per heavy atom. The van der Waals surface area contributed by atoms with Gasteiger partial charge in [-0.25, -0.2) is 0 Å². The van der Waals surface area contributed by atoms with Gasteiger partial charge in [0.2, 0.25) is 5.91 Å². The zero-order valence-corrected chi connectivity index (χ0v) is 15.3. The van der Waals surface area contributed by atoms with Crippen LogP contribution in [0.5, 0.6) is 0 Å². The molecule has 2 aromatic carbocycles. The van der Waals surface area contributed by atoms with Crippen LogP contribution in [-0.4, -0.2) is 32.2 Å². The maximum absolute atomic E-state index is 11.9. The van der Waals surface area contributed by atoms with E-state index in [1.165, 1.54) is 16.8 Å². The summed E-state index contributed by atoms with van der Waals surface area (Å²) in [5.74, 6) is -0.0416. The van der Waals surface area contributed by atoms with Crippen LogP contribution in [0.1, 0.15) is 23.1 Å². The number of para-hydroxylation sites is 1. The van der Waals surface area contributed by atoms with Crippen molar-refractivity contribution in [1.82, 2.24) is 5.32 Å². The lowest BCUT2D eigenvalue weighted by molar-refractivity contribution is -0.123. The third kappa shape index (κ3) is 4.62. The lowest BCUT2D eigenvalue weighted by Gasteiger charge is -2.19. The number of methoxy groups -OCH3 is 1. The van der Waals surface area contributed by atoms with E-state index in [1.54, 1.807) is 7.11 Å². The van der Waals surface area contributed by atoms with Gasteiger partial charge in [-0.3, -0.25) is 4.79 Å². The average Bonchev–Trinajstić information content (AvgIpc) is 3.08. The highest BCUT2D eigenvalue weighted by molar-refractivity contribution is 5.76. The maximum Gasteiger partial charge on any atom is 0.222 e. The molecular weight excluding hydrogens is 326 g/mol. The molecule has 0 aliphatic carbocycles. The summed E-state index contributed by atoms with van der Waals surface area (Å²) in [6, 6.07) is 17.0. The second-order valence-electron chi connectivity index (χ2n) is 6.69. The van der Waals surface area contributed by atoms with Gasteiger partial charge in [-0.1, -0.05) is 42.5 Å². The molecule has 1 aliphatic rings. The van der Waals surface area contributed by atoms with Gasteiger partial charge in [0, 0.05) is 39.0 Å². The molecule has 0 fully saturated rings. The molecule has 1 unspecified atom stereocenters. The topological polar surface area (TPSA) is 67.6 Å². The Kier molecular flexibility index (Phi) is 6.26. The monoisotopic (exact) mass is 353 g/mol. The van der Waals surface area contributed by atoms with Gasteiger partial charge >= 0.3 is 0 Å². The summed E-state index contributed by atoms with van der Waals surface area (Å²) < 4.78 is 5.14.